The van der Waals surface area contributed by atoms with Gasteiger partial charge in [0.25, 0.3) is 0 Å². The monoisotopic (exact) mass is 285 g/mol. The molecule has 1 aliphatic rings. The number of rotatable bonds is 6. The normalized spacial score (nSPS) is 15.6. The molecule has 0 aliphatic heterocycles. The van der Waals surface area contributed by atoms with Crippen LogP contribution >= 0.6 is 0 Å². The summed E-state index contributed by atoms with van der Waals surface area (Å²) in [5.41, 5.74) is 1.53. The summed E-state index contributed by atoms with van der Waals surface area (Å²) in [6.45, 7) is 5.69. The van der Waals surface area contributed by atoms with Gasteiger partial charge in [0.1, 0.15) is 5.82 Å². The second-order valence-electron chi connectivity index (χ2n) is 7.07. The highest BCUT2D eigenvalue weighted by Gasteiger charge is 2.25. The minimum atomic E-state index is -0.121. The lowest BCUT2D eigenvalue weighted by Crippen LogP contribution is -2.31. The fourth-order valence-electron chi connectivity index (χ4n) is 2.81. The van der Waals surface area contributed by atoms with E-state index < -0.39 is 0 Å². The Labute approximate surface area is 126 Å². The van der Waals surface area contributed by atoms with Crippen molar-refractivity contribution < 1.29 is 4.39 Å². The van der Waals surface area contributed by atoms with Gasteiger partial charge < -0.3 is 5.32 Å². The van der Waals surface area contributed by atoms with E-state index in [-0.39, 0.29) is 11.2 Å². The fourth-order valence-corrected chi connectivity index (χ4v) is 2.81. The van der Waals surface area contributed by atoms with Crippen molar-refractivity contribution in [2.75, 3.05) is 6.54 Å². The predicted molar refractivity (Wildman–Crippen MR) is 87.0 cm³/mol. The molecule has 0 unspecified atom stereocenters. The second-order valence-corrected chi connectivity index (χ2v) is 7.07. The molecule has 0 aromatic heterocycles. The van der Waals surface area contributed by atoms with Crippen LogP contribution in [0.15, 0.2) is 36.4 Å². The molecule has 0 radical (unpaired) electrons. The highest BCUT2D eigenvalue weighted by Crippen LogP contribution is 2.28. The number of halogens is 1. The van der Waals surface area contributed by atoms with Gasteiger partial charge in [-0.2, -0.15) is 0 Å². The van der Waals surface area contributed by atoms with Crippen molar-refractivity contribution in [3.63, 3.8) is 0 Å². The number of hydrogen-bond acceptors (Lipinski definition) is 1. The van der Waals surface area contributed by atoms with E-state index in [2.05, 4.69) is 19.2 Å². The largest absolute Gasteiger partial charge is 0.313 e. The van der Waals surface area contributed by atoms with Crippen molar-refractivity contribution in [2.45, 2.75) is 45.6 Å². The SMILES string of the molecule is CC(C)(CCc1ccc(F)c2ccccc12)CNC1CC1. The van der Waals surface area contributed by atoms with Crippen molar-refractivity contribution in [3.8, 4) is 0 Å². The molecule has 0 heterocycles. The van der Waals surface area contributed by atoms with Gasteiger partial charge in [0, 0.05) is 18.0 Å². The van der Waals surface area contributed by atoms with Crippen molar-refractivity contribution in [1.29, 1.82) is 0 Å². The molecule has 2 aromatic carbocycles. The third kappa shape index (κ3) is 3.62. The molecule has 2 aromatic rings. The van der Waals surface area contributed by atoms with Crippen LogP contribution in [0.2, 0.25) is 0 Å². The Kier molecular flexibility index (Phi) is 3.99. The van der Waals surface area contributed by atoms with E-state index in [9.17, 15) is 4.39 Å². The summed E-state index contributed by atoms with van der Waals surface area (Å²) in [6, 6.07) is 12.1. The molecule has 1 fully saturated rings. The average molecular weight is 285 g/mol. The molecule has 2 heteroatoms. The molecule has 0 bridgehead atoms. The quantitative estimate of drug-likeness (QED) is 0.812. The molecule has 0 amide bonds. The molecule has 21 heavy (non-hydrogen) atoms. The van der Waals surface area contributed by atoms with Gasteiger partial charge in [-0.15, -0.1) is 0 Å². The first-order chi connectivity index (χ1) is 10.1. The van der Waals surface area contributed by atoms with Gasteiger partial charge in [0.05, 0.1) is 0 Å². The Bertz CT molecular complexity index is 628. The Balaban J connectivity index is 1.71. The molecule has 0 spiro atoms. The minimum Gasteiger partial charge on any atom is -0.313 e. The number of fused-ring (bicyclic) bond motifs is 1. The van der Waals surface area contributed by atoms with Gasteiger partial charge in [-0.1, -0.05) is 44.2 Å². The van der Waals surface area contributed by atoms with E-state index in [1.165, 1.54) is 18.4 Å². The van der Waals surface area contributed by atoms with Crippen molar-refractivity contribution in [2.24, 2.45) is 5.41 Å². The lowest BCUT2D eigenvalue weighted by Gasteiger charge is -2.25. The summed E-state index contributed by atoms with van der Waals surface area (Å²) in [4.78, 5) is 0. The molecule has 0 atom stereocenters. The molecular weight excluding hydrogens is 261 g/mol. The lowest BCUT2D eigenvalue weighted by molar-refractivity contribution is 0.314. The summed E-state index contributed by atoms with van der Waals surface area (Å²) in [5, 5.41) is 5.42. The first kappa shape index (κ1) is 14.5. The Hall–Kier alpha value is -1.41. The van der Waals surface area contributed by atoms with Crippen LogP contribution in [0.3, 0.4) is 0 Å². The van der Waals surface area contributed by atoms with Crippen molar-refractivity contribution in [1.82, 2.24) is 5.32 Å². The van der Waals surface area contributed by atoms with Gasteiger partial charge in [-0.25, -0.2) is 4.39 Å². The van der Waals surface area contributed by atoms with Gasteiger partial charge in [0.15, 0.2) is 0 Å². The van der Waals surface area contributed by atoms with Crippen molar-refractivity contribution >= 4 is 10.8 Å². The number of benzene rings is 2. The number of aryl methyl sites for hydroxylation is 1. The average Bonchev–Trinajstić information content (AvgIpc) is 3.29. The van der Waals surface area contributed by atoms with E-state index in [0.29, 0.717) is 0 Å². The lowest BCUT2D eigenvalue weighted by atomic mass is 9.85. The first-order valence-corrected chi connectivity index (χ1v) is 7.95. The highest BCUT2D eigenvalue weighted by molar-refractivity contribution is 5.86. The zero-order chi connectivity index (χ0) is 14.9. The van der Waals surface area contributed by atoms with Crippen LogP contribution in [0.25, 0.3) is 10.8 Å². The van der Waals surface area contributed by atoms with E-state index >= 15 is 0 Å². The maximum atomic E-state index is 13.8. The van der Waals surface area contributed by atoms with Crippen LogP contribution in [-0.2, 0) is 6.42 Å². The molecule has 0 saturated heterocycles. The van der Waals surface area contributed by atoms with Crippen LogP contribution in [0.4, 0.5) is 4.39 Å². The molecule has 1 aliphatic carbocycles. The highest BCUT2D eigenvalue weighted by atomic mass is 19.1. The van der Waals surface area contributed by atoms with Gasteiger partial charge in [0.2, 0.25) is 0 Å². The predicted octanol–water partition coefficient (Wildman–Crippen LogP) is 4.69. The van der Waals surface area contributed by atoms with Gasteiger partial charge >= 0.3 is 0 Å². The molecule has 1 nitrogen and oxygen atoms in total. The van der Waals surface area contributed by atoms with E-state index in [1.54, 1.807) is 6.07 Å². The second kappa shape index (κ2) is 5.76. The van der Waals surface area contributed by atoms with Gasteiger partial charge in [-0.05, 0) is 48.1 Å². The molecular formula is C19H24FN. The summed E-state index contributed by atoms with van der Waals surface area (Å²) >= 11 is 0. The van der Waals surface area contributed by atoms with Crippen LogP contribution in [0.5, 0.6) is 0 Å². The molecule has 112 valence electrons. The standard InChI is InChI=1S/C19H24FN/c1-19(2,13-21-15-8-9-15)12-11-14-7-10-18(20)17-6-4-3-5-16(14)17/h3-7,10,15,21H,8-9,11-13H2,1-2H3. The third-order valence-corrected chi connectivity index (χ3v) is 4.48. The summed E-state index contributed by atoms with van der Waals surface area (Å²) in [7, 11) is 0. The van der Waals surface area contributed by atoms with Crippen LogP contribution in [0, 0.1) is 11.2 Å². The summed E-state index contributed by atoms with van der Waals surface area (Å²) < 4.78 is 13.8. The first-order valence-electron chi connectivity index (χ1n) is 7.95. The Morgan fingerprint density at radius 2 is 1.81 bits per heavy atom. The zero-order valence-electron chi connectivity index (χ0n) is 13.0. The minimum absolute atomic E-state index is 0.121. The zero-order valence-corrected chi connectivity index (χ0v) is 13.0. The van der Waals surface area contributed by atoms with E-state index in [1.807, 2.05) is 30.3 Å². The maximum Gasteiger partial charge on any atom is 0.131 e. The number of hydrogen-bond donors (Lipinski definition) is 1. The van der Waals surface area contributed by atoms with Crippen LogP contribution in [0.1, 0.15) is 38.7 Å². The van der Waals surface area contributed by atoms with E-state index in [0.717, 1.165) is 36.2 Å². The van der Waals surface area contributed by atoms with Crippen LogP contribution < -0.4 is 5.32 Å². The third-order valence-electron chi connectivity index (χ3n) is 4.48. The fraction of sp³-hybridized carbons (Fsp3) is 0.474. The van der Waals surface area contributed by atoms with E-state index in [4.69, 9.17) is 0 Å². The van der Waals surface area contributed by atoms with Crippen LogP contribution in [-0.4, -0.2) is 12.6 Å². The number of nitrogens with one attached hydrogen (secondary N) is 1. The maximum absolute atomic E-state index is 13.8. The Morgan fingerprint density at radius 1 is 1.10 bits per heavy atom. The Morgan fingerprint density at radius 3 is 2.52 bits per heavy atom. The summed E-state index contributed by atoms with van der Waals surface area (Å²) in [6.07, 6.45) is 4.78. The molecule has 1 N–H and O–H groups in total. The topological polar surface area (TPSA) is 12.0 Å². The van der Waals surface area contributed by atoms with Crippen molar-refractivity contribution in [3.05, 3.63) is 47.8 Å². The molecule has 3 rings (SSSR count). The molecule has 1 saturated carbocycles. The van der Waals surface area contributed by atoms with Gasteiger partial charge in [-0.3, -0.25) is 0 Å². The smallest absolute Gasteiger partial charge is 0.131 e. The summed E-state index contributed by atoms with van der Waals surface area (Å²) in [5.74, 6) is -0.121.